The molecule has 3 saturated heterocycles. The number of carbonyl (C=O) groups excluding carboxylic acids is 5. The summed E-state index contributed by atoms with van der Waals surface area (Å²) in [4.78, 5) is 68.3. The van der Waals surface area contributed by atoms with Gasteiger partial charge in [0.2, 0.25) is 17.7 Å². The second kappa shape index (κ2) is 8.01. The molecule has 0 aliphatic carbocycles. The van der Waals surface area contributed by atoms with Crippen LogP contribution < -0.4 is 15.5 Å². The lowest BCUT2D eigenvalue weighted by Crippen LogP contribution is -2.54. The van der Waals surface area contributed by atoms with E-state index in [-0.39, 0.29) is 35.9 Å². The molecule has 4 heterocycles. The molecule has 32 heavy (non-hydrogen) atoms. The van der Waals surface area contributed by atoms with Gasteiger partial charge in [-0.1, -0.05) is 6.07 Å². The van der Waals surface area contributed by atoms with Gasteiger partial charge >= 0.3 is 0 Å². The Kier molecular flexibility index (Phi) is 5.16. The fourth-order valence-corrected chi connectivity index (χ4v) is 5.14. The molecule has 0 bridgehead atoms. The van der Waals surface area contributed by atoms with Crippen LogP contribution in [0.15, 0.2) is 18.2 Å². The van der Waals surface area contributed by atoms with Crippen LogP contribution in [0.3, 0.4) is 0 Å². The topological polar surface area (TPSA) is 119 Å². The maximum atomic E-state index is 13.4. The van der Waals surface area contributed by atoms with Gasteiger partial charge < -0.3 is 15.1 Å². The van der Waals surface area contributed by atoms with E-state index in [1.165, 1.54) is 0 Å². The quantitative estimate of drug-likeness (QED) is 0.609. The second-order valence-electron chi connectivity index (χ2n) is 8.57. The SMILES string of the molecule is O=C1CCC(N2C(=O)c3cccc(N4CCC[C@H]4C(=O)N4CCNCC4)c3C2=O)C(=O)N1. The summed E-state index contributed by atoms with van der Waals surface area (Å²) in [5.41, 5.74) is 1.03. The van der Waals surface area contributed by atoms with Gasteiger partial charge in [0.15, 0.2) is 0 Å². The Bertz CT molecular complexity index is 1020. The largest absolute Gasteiger partial charge is 0.359 e. The van der Waals surface area contributed by atoms with Gasteiger partial charge in [-0.3, -0.25) is 34.2 Å². The highest BCUT2D eigenvalue weighted by Crippen LogP contribution is 2.37. The Morgan fingerprint density at radius 3 is 2.50 bits per heavy atom. The van der Waals surface area contributed by atoms with Gasteiger partial charge in [0.05, 0.1) is 16.8 Å². The number of carbonyl (C=O) groups is 5. The van der Waals surface area contributed by atoms with Crippen LogP contribution in [0, 0.1) is 0 Å². The molecule has 0 saturated carbocycles. The van der Waals surface area contributed by atoms with Gasteiger partial charge in [0, 0.05) is 39.1 Å². The monoisotopic (exact) mass is 439 g/mol. The minimum absolute atomic E-state index is 0.0420. The van der Waals surface area contributed by atoms with Crippen LogP contribution in [0.5, 0.6) is 0 Å². The van der Waals surface area contributed by atoms with E-state index in [0.29, 0.717) is 31.7 Å². The third-order valence-electron chi connectivity index (χ3n) is 6.72. The first kappa shape index (κ1) is 20.6. The standard InChI is InChI=1S/C22H25N5O5/c28-17-7-6-15(19(29)24-17)27-20(30)13-3-1-4-14(18(13)22(27)32)26-10-2-5-16(26)21(31)25-11-8-23-9-12-25/h1,3-4,15-16,23H,2,5-12H2,(H,24,28,29)/t15?,16-/m0/s1. The lowest BCUT2D eigenvalue weighted by atomic mass is 10.0. The average Bonchev–Trinajstić information content (AvgIpc) is 3.38. The zero-order chi connectivity index (χ0) is 22.4. The molecule has 1 aromatic rings. The molecule has 4 aliphatic rings. The molecular weight excluding hydrogens is 414 g/mol. The van der Waals surface area contributed by atoms with E-state index in [0.717, 1.165) is 24.4 Å². The molecule has 0 radical (unpaired) electrons. The predicted octanol–water partition coefficient (Wildman–Crippen LogP) is -0.512. The number of anilines is 1. The zero-order valence-electron chi connectivity index (χ0n) is 17.6. The number of piperazine rings is 1. The Balaban J connectivity index is 1.46. The van der Waals surface area contributed by atoms with Crippen LogP contribution in [-0.4, -0.2) is 84.1 Å². The first-order valence-corrected chi connectivity index (χ1v) is 11.1. The highest BCUT2D eigenvalue weighted by molar-refractivity contribution is 6.25. The smallest absolute Gasteiger partial charge is 0.264 e. The summed E-state index contributed by atoms with van der Waals surface area (Å²) in [6.07, 6.45) is 1.68. The second-order valence-corrected chi connectivity index (χ2v) is 8.57. The van der Waals surface area contributed by atoms with Crippen LogP contribution in [0.4, 0.5) is 5.69 Å². The van der Waals surface area contributed by atoms with Gasteiger partial charge in [-0.05, 0) is 31.4 Å². The van der Waals surface area contributed by atoms with E-state index >= 15 is 0 Å². The molecular formula is C22H25N5O5. The number of fused-ring (bicyclic) bond motifs is 1. The van der Waals surface area contributed by atoms with E-state index < -0.39 is 29.7 Å². The average molecular weight is 439 g/mol. The van der Waals surface area contributed by atoms with Crippen molar-refractivity contribution in [1.29, 1.82) is 0 Å². The molecule has 10 heteroatoms. The van der Waals surface area contributed by atoms with E-state index in [9.17, 15) is 24.0 Å². The number of amides is 5. The van der Waals surface area contributed by atoms with Crippen LogP contribution in [0.25, 0.3) is 0 Å². The number of rotatable bonds is 3. The first-order chi connectivity index (χ1) is 15.5. The molecule has 3 fully saturated rings. The van der Waals surface area contributed by atoms with Gasteiger partial charge in [0.25, 0.3) is 11.8 Å². The summed E-state index contributed by atoms with van der Waals surface area (Å²) in [6, 6.07) is 3.66. The van der Waals surface area contributed by atoms with Crippen molar-refractivity contribution >= 4 is 35.2 Å². The van der Waals surface area contributed by atoms with Crippen molar-refractivity contribution in [2.75, 3.05) is 37.6 Å². The number of piperidine rings is 1. The van der Waals surface area contributed by atoms with Crippen molar-refractivity contribution in [3.63, 3.8) is 0 Å². The molecule has 1 aromatic carbocycles. The highest BCUT2D eigenvalue weighted by Gasteiger charge is 2.47. The Hall–Kier alpha value is -3.27. The summed E-state index contributed by atoms with van der Waals surface area (Å²) < 4.78 is 0. The van der Waals surface area contributed by atoms with Crippen LogP contribution in [0.2, 0.25) is 0 Å². The minimum atomic E-state index is -1.01. The zero-order valence-corrected chi connectivity index (χ0v) is 17.6. The molecule has 4 aliphatic heterocycles. The molecule has 0 spiro atoms. The van der Waals surface area contributed by atoms with Crippen molar-refractivity contribution in [2.24, 2.45) is 0 Å². The van der Waals surface area contributed by atoms with Crippen molar-refractivity contribution in [2.45, 2.75) is 37.8 Å². The Labute approximate surface area is 184 Å². The van der Waals surface area contributed by atoms with Crippen LogP contribution in [0.1, 0.15) is 46.4 Å². The van der Waals surface area contributed by atoms with Gasteiger partial charge in [0.1, 0.15) is 12.1 Å². The molecule has 5 amide bonds. The molecule has 2 atom stereocenters. The fraction of sp³-hybridized carbons (Fsp3) is 0.500. The number of nitrogens with one attached hydrogen (secondary N) is 2. The van der Waals surface area contributed by atoms with E-state index in [1.807, 2.05) is 9.80 Å². The first-order valence-electron chi connectivity index (χ1n) is 11.1. The van der Waals surface area contributed by atoms with Gasteiger partial charge in [-0.2, -0.15) is 0 Å². The van der Waals surface area contributed by atoms with E-state index in [4.69, 9.17) is 0 Å². The molecule has 2 N–H and O–H groups in total. The number of nitrogens with zero attached hydrogens (tertiary/aromatic N) is 3. The Morgan fingerprint density at radius 1 is 0.969 bits per heavy atom. The summed E-state index contributed by atoms with van der Waals surface area (Å²) >= 11 is 0. The van der Waals surface area contributed by atoms with Gasteiger partial charge in [-0.25, -0.2) is 0 Å². The lowest BCUT2D eigenvalue weighted by molar-refractivity contribution is -0.136. The number of imide groups is 2. The molecule has 0 aromatic heterocycles. The fourth-order valence-electron chi connectivity index (χ4n) is 5.14. The molecule has 1 unspecified atom stereocenters. The van der Waals surface area contributed by atoms with E-state index in [1.54, 1.807) is 18.2 Å². The molecule has 168 valence electrons. The number of hydrogen-bond acceptors (Lipinski definition) is 7. The van der Waals surface area contributed by atoms with Crippen molar-refractivity contribution in [1.82, 2.24) is 20.4 Å². The van der Waals surface area contributed by atoms with Crippen molar-refractivity contribution < 1.29 is 24.0 Å². The normalized spacial score (nSPS) is 25.9. The summed E-state index contributed by atoms with van der Waals surface area (Å²) in [5.74, 6) is -2.08. The minimum Gasteiger partial charge on any atom is -0.359 e. The van der Waals surface area contributed by atoms with E-state index in [2.05, 4.69) is 10.6 Å². The van der Waals surface area contributed by atoms with Crippen molar-refractivity contribution in [3.05, 3.63) is 29.3 Å². The van der Waals surface area contributed by atoms with Gasteiger partial charge in [-0.15, -0.1) is 0 Å². The van der Waals surface area contributed by atoms with Crippen LogP contribution in [-0.2, 0) is 14.4 Å². The van der Waals surface area contributed by atoms with Crippen molar-refractivity contribution in [3.8, 4) is 0 Å². The number of benzene rings is 1. The third kappa shape index (κ3) is 3.26. The molecule has 5 rings (SSSR count). The summed E-state index contributed by atoms with van der Waals surface area (Å²) in [6.45, 7) is 3.42. The maximum absolute atomic E-state index is 13.4. The Morgan fingerprint density at radius 2 is 1.75 bits per heavy atom. The lowest BCUT2D eigenvalue weighted by Gasteiger charge is -2.34. The van der Waals surface area contributed by atoms with Crippen LogP contribution >= 0.6 is 0 Å². The number of hydrogen-bond donors (Lipinski definition) is 2. The maximum Gasteiger partial charge on any atom is 0.264 e. The highest BCUT2D eigenvalue weighted by atomic mass is 16.2. The summed E-state index contributed by atoms with van der Waals surface area (Å²) in [7, 11) is 0. The molecule has 10 nitrogen and oxygen atoms in total. The summed E-state index contributed by atoms with van der Waals surface area (Å²) in [5, 5.41) is 5.45. The predicted molar refractivity (Wildman–Crippen MR) is 113 cm³/mol. The third-order valence-corrected chi connectivity index (χ3v) is 6.72.